The maximum absolute atomic E-state index is 12.8. The number of ether oxygens (including phenoxy) is 1. The molecule has 2 amide bonds. The van der Waals surface area contributed by atoms with Gasteiger partial charge in [0.15, 0.2) is 5.78 Å². The van der Waals surface area contributed by atoms with Crippen LogP contribution in [-0.4, -0.2) is 41.4 Å². The minimum Gasteiger partial charge on any atom is -0.481 e. The number of urea groups is 1. The molecular weight excluding hydrogens is 378 g/mol. The number of allylic oxidation sites excluding steroid dienone is 2. The first kappa shape index (κ1) is 19.9. The molecule has 0 fully saturated rings. The fraction of sp³-hybridized carbons (Fsp3) is 0.286. The summed E-state index contributed by atoms with van der Waals surface area (Å²) in [5.41, 5.74) is 0.933. The molecule has 7 heteroatoms. The summed E-state index contributed by atoms with van der Waals surface area (Å²) in [5.74, 6) is 0.302. The van der Waals surface area contributed by atoms with Crippen LogP contribution in [0.25, 0.3) is 10.8 Å². The van der Waals surface area contributed by atoms with Crippen molar-refractivity contribution in [1.82, 2.24) is 15.2 Å². The first-order valence-electron chi connectivity index (χ1n) is 9.09. The first-order valence-corrected chi connectivity index (χ1v) is 9.47. The van der Waals surface area contributed by atoms with Gasteiger partial charge < -0.3 is 15.0 Å². The van der Waals surface area contributed by atoms with Crippen LogP contribution < -0.4 is 10.1 Å². The largest absolute Gasteiger partial charge is 0.481 e. The Morgan fingerprint density at radius 3 is 2.75 bits per heavy atom. The molecule has 1 heterocycles. The Kier molecular flexibility index (Phi) is 6.31. The summed E-state index contributed by atoms with van der Waals surface area (Å²) in [7, 11) is 1.59. The van der Waals surface area contributed by atoms with Gasteiger partial charge in [-0.3, -0.25) is 4.79 Å². The van der Waals surface area contributed by atoms with E-state index in [2.05, 4.69) is 10.3 Å². The van der Waals surface area contributed by atoms with Gasteiger partial charge in [0.2, 0.25) is 5.88 Å². The summed E-state index contributed by atoms with van der Waals surface area (Å²) in [4.78, 5) is 30.4. The molecule has 28 heavy (non-hydrogen) atoms. The van der Waals surface area contributed by atoms with E-state index in [0.29, 0.717) is 19.0 Å². The van der Waals surface area contributed by atoms with Crippen LogP contribution in [0.2, 0.25) is 0 Å². The minimum atomic E-state index is -0.414. The number of hydrogen-bond acceptors (Lipinski definition) is 4. The van der Waals surface area contributed by atoms with E-state index in [4.69, 9.17) is 16.3 Å². The third-order valence-corrected chi connectivity index (χ3v) is 4.79. The van der Waals surface area contributed by atoms with Crippen molar-refractivity contribution < 1.29 is 14.3 Å². The molecule has 1 N–H and O–H groups in total. The molecule has 0 saturated heterocycles. The van der Waals surface area contributed by atoms with Gasteiger partial charge in [-0.2, -0.15) is 0 Å². The molecule has 6 nitrogen and oxygen atoms in total. The molecule has 1 aliphatic carbocycles. The SMILES string of the molecule is CCCN(Cc1cnc(OC)c2ccccc12)C(=O)N[C@H]1C=CC(=O)C(Cl)=C1. The average molecular weight is 400 g/mol. The summed E-state index contributed by atoms with van der Waals surface area (Å²) in [6.45, 7) is 3.00. The second kappa shape index (κ2) is 8.89. The number of carbonyl (C=O) groups is 2. The number of nitrogens with zero attached hydrogens (tertiary/aromatic N) is 2. The van der Waals surface area contributed by atoms with Gasteiger partial charge in [0.05, 0.1) is 18.2 Å². The normalized spacial score (nSPS) is 16.0. The van der Waals surface area contributed by atoms with Gasteiger partial charge in [-0.15, -0.1) is 0 Å². The lowest BCUT2D eigenvalue weighted by Crippen LogP contribution is -2.44. The van der Waals surface area contributed by atoms with Gasteiger partial charge in [0, 0.05) is 24.7 Å². The van der Waals surface area contributed by atoms with E-state index in [1.807, 2.05) is 31.2 Å². The quantitative estimate of drug-likeness (QED) is 0.802. The van der Waals surface area contributed by atoms with E-state index < -0.39 is 6.04 Å². The van der Waals surface area contributed by atoms with Crippen molar-refractivity contribution in [2.45, 2.75) is 25.9 Å². The average Bonchev–Trinajstić information content (AvgIpc) is 2.70. The highest BCUT2D eigenvalue weighted by Gasteiger charge is 2.20. The molecule has 0 radical (unpaired) electrons. The number of nitrogens with one attached hydrogen (secondary N) is 1. The number of carbonyl (C=O) groups excluding carboxylic acids is 2. The van der Waals surface area contributed by atoms with E-state index in [0.717, 1.165) is 22.8 Å². The topological polar surface area (TPSA) is 71.5 Å². The molecule has 2 aromatic rings. The smallest absolute Gasteiger partial charge is 0.318 e. The molecular formula is C21H22ClN3O3. The lowest BCUT2D eigenvalue weighted by Gasteiger charge is -2.25. The third-order valence-electron chi connectivity index (χ3n) is 4.48. The fourth-order valence-corrected chi connectivity index (χ4v) is 3.33. The molecule has 146 valence electrons. The Morgan fingerprint density at radius 2 is 2.07 bits per heavy atom. The van der Waals surface area contributed by atoms with Gasteiger partial charge in [0.1, 0.15) is 0 Å². The van der Waals surface area contributed by atoms with Crippen molar-refractivity contribution in [3.8, 4) is 5.88 Å². The maximum Gasteiger partial charge on any atom is 0.318 e. The molecule has 1 aliphatic rings. The Bertz CT molecular complexity index is 955. The van der Waals surface area contributed by atoms with Crippen molar-refractivity contribution in [3.05, 3.63) is 59.3 Å². The van der Waals surface area contributed by atoms with E-state index in [1.54, 1.807) is 24.3 Å². The lowest BCUT2D eigenvalue weighted by atomic mass is 10.1. The Hall–Kier alpha value is -2.86. The van der Waals surface area contributed by atoms with E-state index in [-0.39, 0.29) is 16.8 Å². The van der Waals surface area contributed by atoms with Crippen LogP contribution in [0.15, 0.2) is 53.7 Å². The standard InChI is InChI=1S/C21H22ClN3O3/c1-3-10-25(21(27)24-15-8-9-19(26)18(22)11-15)13-14-12-23-20(28-2)17-7-5-4-6-16(14)17/h4-9,11-12,15H,3,10,13H2,1-2H3,(H,24,27)/t15-/m0/s1. The second-order valence-corrected chi connectivity index (χ2v) is 6.88. The number of amides is 2. The predicted octanol–water partition coefficient (Wildman–Crippen LogP) is 3.80. The monoisotopic (exact) mass is 399 g/mol. The first-order chi connectivity index (χ1) is 13.5. The van der Waals surface area contributed by atoms with Crippen LogP contribution in [0.1, 0.15) is 18.9 Å². The van der Waals surface area contributed by atoms with Gasteiger partial charge >= 0.3 is 6.03 Å². The van der Waals surface area contributed by atoms with Crippen LogP contribution >= 0.6 is 11.6 Å². The highest BCUT2D eigenvalue weighted by molar-refractivity contribution is 6.44. The second-order valence-electron chi connectivity index (χ2n) is 6.47. The molecule has 1 aromatic heterocycles. The van der Waals surface area contributed by atoms with E-state index in [1.165, 1.54) is 12.2 Å². The number of fused-ring (bicyclic) bond motifs is 1. The van der Waals surface area contributed by atoms with Crippen molar-refractivity contribution in [2.75, 3.05) is 13.7 Å². The van der Waals surface area contributed by atoms with Crippen molar-refractivity contribution in [2.24, 2.45) is 0 Å². The molecule has 0 saturated carbocycles. The lowest BCUT2D eigenvalue weighted by molar-refractivity contribution is -0.110. The minimum absolute atomic E-state index is 0.111. The van der Waals surface area contributed by atoms with Crippen LogP contribution in [0.3, 0.4) is 0 Å². The Labute approximate surface area is 168 Å². The van der Waals surface area contributed by atoms with Crippen LogP contribution in [0.5, 0.6) is 5.88 Å². The van der Waals surface area contributed by atoms with Gasteiger partial charge in [-0.1, -0.05) is 42.8 Å². The summed E-state index contributed by atoms with van der Waals surface area (Å²) >= 11 is 5.88. The third kappa shape index (κ3) is 4.34. The highest BCUT2D eigenvalue weighted by atomic mass is 35.5. The van der Waals surface area contributed by atoms with Crippen molar-refractivity contribution in [1.29, 1.82) is 0 Å². The number of hydrogen-bond donors (Lipinski definition) is 1. The Morgan fingerprint density at radius 1 is 1.32 bits per heavy atom. The van der Waals surface area contributed by atoms with Crippen LogP contribution in [0.4, 0.5) is 4.79 Å². The number of halogens is 1. The Balaban J connectivity index is 1.82. The molecule has 1 atom stereocenters. The summed E-state index contributed by atoms with van der Waals surface area (Å²) in [6.07, 6.45) is 7.09. The maximum atomic E-state index is 12.8. The van der Waals surface area contributed by atoms with Gasteiger partial charge in [0.25, 0.3) is 0 Å². The summed E-state index contributed by atoms with van der Waals surface area (Å²) < 4.78 is 5.34. The molecule has 0 bridgehead atoms. The van der Waals surface area contributed by atoms with E-state index >= 15 is 0 Å². The zero-order chi connectivity index (χ0) is 20.1. The van der Waals surface area contributed by atoms with Crippen LogP contribution in [-0.2, 0) is 11.3 Å². The van der Waals surface area contributed by atoms with Crippen molar-refractivity contribution >= 4 is 34.2 Å². The number of methoxy groups -OCH3 is 1. The highest BCUT2D eigenvalue weighted by Crippen LogP contribution is 2.26. The number of benzene rings is 1. The fourth-order valence-electron chi connectivity index (χ4n) is 3.13. The summed E-state index contributed by atoms with van der Waals surface area (Å²) in [6, 6.07) is 7.18. The number of aromatic nitrogens is 1. The molecule has 0 spiro atoms. The van der Waals surface area contributed by atoms with Gasteiger partial charge in [-0.25, -0.2) is 9.78 Å². The van der Waals surface area contributed by atoms with E-state index in [9.17, 15) is 9.59 Å². The zero-order valence-electron chi connectivity index (χ0n) is 15.8. The molecule has 0 unspecified atom stereocenters. The molecule has 1 aromatic carbocycles. The summed E-state index contributed by atoms with van der Waals surface area (Å²) in [5, 5.41) is 4.90. The molecule has 3 rings (SSSR count). The van der Waals surface area contributed by atoms with Crippen LogP contribution in [0, 0.1) is 0 Å². The number of rotatable bonds is 6. The predicted molar refractivity (Wildman–Crippen MR) is 109 cm³/mol. The molecule has 0 aliphatic heterocycles. The number of pyridine rings is 1. The van der Waals surface area contributed by atoms with Crippen molar-refractivity contribution in [3.63, 3.8) is 0 Å². The zero-order valence-corrected chi connectivity index (χ0v) is 16.6. The number of ketones is 1. The van der Waals surface area contributed by atoms with Gasteiger partial charge in [-0.05, 0) is 35.6 Å².